The average molecular weight is 641 g/mol. The third kappa shape index (κ3) is 5.55. The summed E-state index contributed by atoms with van der Waals surface area (Å²) in [5, 5.41) is 22.1. The van der Waals surface area contributed by atoms with Crippen LogP contribution in [-0.4, -0.2) is 82.4 Å². The van der Waals surface area contributed by atoms with Crippen molar-refractivity contribution < 1.29 is 32.5 Å². The number of hydrogen-bond donors (Lipinski definition) is 3. The predicted molar refractivity (Wildman–Crippen MR) is 168 cm³/mol. The van der Waals surface area contributed by atoms with E-state index in [1.165, 1.54) is 36.5 Å². The van der Waals surface area contributed by atoms with E-state index >= 15 is 8.78 Å². The van der Waals surface area contributed by atoms with Gasteiger partial charge in [0.2, 0.25) is 0 Å². The molecule has 9 nitrogen and oxygen atoms in total. The van der Waals surface area contributed by atoms with Crippen LogP contribution < -0.4 is 15.4 Å². The first-order valence-electron chi connectivity index (χ1n) is 15.2. The van der Waals surface area contributed by atoms with E-state index in [0.717, 1.165) is 0 Å². The highest BCUT2D eigenvalue weighted by Gasteiger charge is 2.71. The minimum Gasteiger partial charge on any atom is -0.508 e. The number of nitrogens with zero attached hydrogens (tertiary/aromatic N) is 5. The number of aliphatic hydroxyl groups is 1. The number of piperidine rings is 1. The summed E-state index contributed by atoms with van der Waals surface area (Å²) >= 11 is 0. The van der Waals surface area contributed by atoms with Gasteiger partial charge < -0.3 is 30.5 Å². The fourth-order valence-electron chi connectivity index (χ4n) is 6.59. The summed E-state index contributed by atoms with van der Waals surface area (Å²) in [6.07, 6.45) is 3.10. The number of halogens is 4. The van der Waals surface area contributed by atoms with Crippen LogP contribution in [0.2, 0.25) is 0 Å². The zero-order valence-electron chi connectivity index (χ0n) is 25.8. The van der Waals surface area contributed by atoms with E-state index < -0.39 is 35.7 Å². The van der Waals surface area contributed by atoms with Gasteiger partial charge in [0.05, 0.1) is 22.6 Å². The number of pyridine rings is 1. The van der Waals surface area contributed by atoms with E-state index in [4.69, 9.17) is 10.5 Å². The summed E-state index contributed by atoms with van der Waals surface area (Å²) in [7, 11) is 3.39. The molecule has 1 aliphatic heterocycles. The number of alkyl halides is 2. The molecule has 13 heteroatoms. The second-order valence-corrected chi connectivity index (χ2v) is 12.5. The monoisotopic (exact) mass is 640 g/mol. The van der Waals surface area contributed by atoms with Gasteiger partial charge in [-0.15, -0.1) is 0 Å². The Morgan fingerprint density at radius 2 is 1.91 bits per heavy atom. The number of ether oxygens (including phenoxy) is 1. The number of fused-ring (bicyclic) bond motifs is 2. The summed E-state index contributed by atoms with van der Waals surface area (Å²) in [5.74, 6) is -4.32. The highest BCUT2D eigenvalue weighted by atomic mass is 19.3. The quantitative estimate of drug-likeness (QED) is 0.211. The van der Waals surface area contributed by atoms with Gasteiger partial charge >= 0.3 is 6.01 Å². The zero-order chi connectivity index (χ0) is 33.0. The zero-order valence-corrected chi connectivity index (χ0v) is 25.8. The highest BCUT2D eigenvalue weighted by Crippen LogP contribution is 2.60. The number of anilines is 1. The van der Waals surface area contributed by atoms with Crippen molar-refractivity contribution in [3.05, 3.63) is 53.4 Å². The molecule has 2 atom stereocenters. The molecule has 0 radical (unpaired) electrons. The number of phenolic OH excluding ortho intramolecular Hbond substituents is 1. The third-order valence-corrected chi connectivity index (χ3v) is 8.79. The van der Waals surface area contributed by atoms with Crippen molar-refractivity contribution in [1.29, 1.82) is 0 Å². The van der Waals surface area contributed by atoms with Crippen molar-refractivity contribution in [3.63, 3.8) is 0 Å². The molecule has 3 heterocycles. The second-order valence-electron chi connectivity index (χ2n) is 12.5. The summed E-state index contributed by atoms with van der Waals surface area (Å²) in [5.41, 5.74) is 4.53. The molecule has 6 rings (SSSR count). The summed E-state index contributed by atoms with van der Waals surface area (Å²) in [6, 6.07) is 5.25. The Kier molecular flexibility index (Phi) is 8.18. The number of β-amino-alcohol motifs (C(OH)–C–C–N with tert-alkyl or cyclic N) is 1. The van der Waals surface area contributed by atoms with Crippen molar-refractivity contribution in [2.45, 2.75) is 44.6 Å². The van der Waals surface area contributed by atoms with Crippen LogP contribution in [0.5, 0.6) is 11.8 Å². The average Bonchev–Trinajstić information content (AvgIpc) is 3.55. The van der Waals surface area contributed by atoms with Gasteiger partial charge in [-0.25, -0.2) is 22.5 Å². The molecule has 4 aromatic rings. The first-order chi connectivity index (χ1) is 21.9. The number of benzene rings is 2. The SMILES string of the molecule is CCc1c(F)ccc2cc(O)cc(-c3nc(/C=C\N)c4c(N5CCCC(O)C5)nc(OCC5(CN(C)C)CC5(F)F)nc4c3F)c12. The topological polar surface area (TPSA) is 121 Å². The van der Waals surface area contributed by atoms with E-state index in [0.29, 0.717) is 35.7 Å². The van der Waals surface area contributed by atoms with Crippen LogP contribution in [0.25, 0.3) is 39.0 Å². The predicted octanol–water partition coefficient (Wildman–Crippen LogP) is 5.25. The Hall–Kier alpha value is -4.23. The fourth-order valence-corrected chi connectivity index (χ4v) is 6.59. The van der Waals surface area contributed by atoms with Gasteiger partial charge in [0.15, 0.2) is 5.82 Å². The molecular formula is C33H36F4N6O3. The number of aryl methyl sites for hydroxylation is 1. The number of aliphatic hydroxyl groups excluding tert-OH is 1. The molecular weight excluding hydrogens is 604 g/mol. The lowest BCUT2D eigenvalue weighted by Crippen LogP contribution is -2.39. The van der Waals surface area contributed by atoms with Crippen molar-refractivity contribution in [2.24, 2.45) is 11.1 Å². The summed E-state index contributed by atoms with van der Waals surface area (Å²) in [4.78, 5) is 17.0. The van der Waals surface area contributed by atoms with E-state index in [1.54, 1.807) is 30.8 Å². The standard InChI is InChI=1S/C33H36F4N6O3/c1-4-21-23(34)8-7-18-12-20(45)13-22(25(18)21)28-27(35)29-26(24(39-28)9-10-38)30(43-11-5-6-19(44)14-43)41-31(40-29)46-17-32(16-42(2)3)15-33(32,36)37/h7-10,12-13,19,44-45H,4-6,11,14-17,38H2,1-3H3/b10-9-. The molecule has 0 spiro atoms. The van der Waals surface area contributed by atoms with E-state index in [2.05, 4.69) is 15.0 Å². The molecule has 1 aliphatic carbocycles. The lowest BCUT2D eigenvalue weighted by Gasteiger charge is -2.32. The lowest BCUT2D eigenvalue weighted by atomic mass is 9.94. The number of phenols is 1. The molecule has 0 bridgehead atoms. The third-order valence-electron chi connectivity index (χ3n) is 8.79. The van der Waals surface area contributed by atoms with Gasteiger partial charge in [0.1, 0.15) is 35.2 Å². The molecule has 2 aliphatic rings. The van der Waals surface area contributed by atoms with Gasteiger partial charge in [-0.1, -0.05) is 13.0 Å². The maximum absolute atomic E-state index is 16.9. The van der Waals surface area contributed by atoms with Crippen molar-refractivity contribution >= 4 is 33.6 Å². The molecule has 0 amide bonds. The van der Waals surface area contributed by atoms with Crippen LogP contribution in [0.3, 0.4) is 0 Å². The molecule has 1 saturated carbocycles. The Morgan fingerprint density at radius 1 is 1.15 bits per heavy atom. The second kappa shape index (κ2) is 11.8. The van der Waals surface area contributed by atoms with Crippen LogP contribution in [0.1, 0.15) is 37.4 Å². The first-order valence-corrected chi connectivity index (χ1v) is 15.2. The Labute approximate surface area is 263 Å². The first kappa shape index (κ1) is 31.7. The summed E-state index contributed by atoms with van der Waals surface area (Å²) < 4.78 is 66.9. The normalized spacial score (nSPS) is 21.2. The smallest absolute Gasteiger partial charge is 0.319 e. The van der Waals surface area contributed by atoms with Crippen LogP contribution in [0.15, 0.2) is 30.5 Å². The number of nitrogens with two attached hydrogens (primary N) is 1. The van der Waals surface area contributed by atoms with Crippen molar-refractivity contribution in [1.82, 2.24) is 19.9 Å². The minimum atomic E-state index is -2.95. The largest absolute Gasteiger partial charge is 0.508 e. The van der Waals surface area contributed by atoms with E-state index in [1.807, 2.05) is 0 Å². The highest BCUT2D eigenvalue weighted by molar-refractivity contribution is 6.03. The van der Waals surface area contributed by atoms with Crippen LogP contribution in [0.4, 0.5) is 23.4 Å². The van der Waals surface area contributed by atoms with E-state index in [9.17, 15) is 19.0 Å². The van der Waals surface area contributed by atoms with Gasteiger partial charge in [-0.2, -0.15) is 9.97 Å². The number of aromatic hydroxyl groups is 1. The molecule has 1 saturated heterocycles. The van der Waals surface area contributed by atoms with Crippen LogP contribution >= 0.6 is 0 Å². The van der Waals surface area contributed by atoms with Gasteiger partial charge in [0, 0.05) is 31.6 Å². The molecule has 2 aromatic heterocycles. The molecule has 2 unspecified atom stereocenters. The molecule has 2 fully saturated rings. The molecule has 46 heavy (non-hydrogen) atoms. The molecule has 4 N–H and O–H groups in total. The minimum absolute atomic E-state index is 0.0630. The maximum atomic E-state index is 16.9. The molecule has 244 valence electrons. The van der Waals surface area contributed by atoms with Crippen LogP contribution in [-0.2, 0) is 6.42 Å². The van der Waals surface area contributed by atoms with Gasteiger partial charge in [0.25, 0.3) is 5.92 Å². The van der Waals surface area contributed by atoms with E-state index in [-0.39, 0.29) is 71.4 Å². The number of aromatic nitrogens is 3. The Morgan fingerprint density at radius 3 is 2.57 bits per heavy atom. The lowest BCUT2D eigenvalue weighted by molar-refractivity contribution is 0.0288. The summed E-state index contributed by atoms with van der Waals surface area (Å²) in [6.45, 7) is 2.07. The van der Waals surface area contributed by atoms with Crippen molar-refractivity contribution in [2.75, 3.05) is 45.2 Å². The Bertz CT molecular complexity index is 1850. The maximum Gasteiger partial charge on any atom is 0.319 e. The van der Waals surface area contributed by atoms with Crippen molar-refractivity contribution in [3.8, 4) is 23.0 Å². The van der Waals surface area contributed by atoms with Gasteiger partial charge in [-0.05, 0) is 80.2 Å². The Balaban J connectivity index is 1.60. The van der Waals surface area contributed by atoms with Crippen LogP contribution in [0, 0.1) is 17.0 Å². The number of hydrogen-bond acceptors (Lipinski definition) is 9. The number of rotatable bonds is 9. The fraction of sp³-hybridized carbons (Fsp3) is 0.424. The molecule has 2 aromatic carbocycles. The van der Waals surface area contributed by atoms with Gasteiger partial charge in [-0.3, -0.25) is 0 Å².